The zero-order valence-electron chi connectivity index (χ0n) is 15.8. The van der Waals surface area contributed by atoms with Crippen molar-refractivity contribution in [1.82, 2.24) is 10.3 Å². The van der Waals surface area contributed by atoms with Crippen LogP contribution in [0.25, 0.3) is 21.5 Å². The standard InChI is InChI=1S/C23H17ClN2O3S/c24-16-9-7-15(8-10-16)13-25-22(27)14-29-23(28)18-12-20(21-6-3-11-30-21)26-19-5-2-1-4-17(18)19/h1-12H,13-14H2,(H,25,27). The number of rotatable bonds is 6. The molecule has 0 saturated heterocycles. The number of nitrogens with zero attached hydrogens (tertiary/aromatic N) is 1. The first-order valence-corrected chi connectivity index (χ1v) is 10.5. The molecule has 150 valence electrons. The van der Waals surface area contributed by atoms with Crippen molar-refractivity contribution in [2.45, 2.75) is 6.54 Å². The molecule has 1 amide bonds. The monoisotopic (exact) mass is 436 g/mol. The highest BCUT2D eigenvalue weighted by Gasteiger charge is 2.16. The lowest BCUT2D eigenvalue weighted by Crippen LogP contribution is -2.28. The number of benzene rings is 2. The fourth-order valence-corrected chi connectivity index (χ4v) is 3.77. The van der Waals surface area contributed by atoms with E-state index in [1.807, 2.05) is 53.9 Å². The minimum atomic E-state index is -0.562. The van der Waals surface area contributed by atoms with Gasteiger partial charge in [-0.15, -0.1) is 11.3 Å². The Balaban J connectivity index is 1.46. The van der Waals surface area contributed by atoms with Crippen molar-refractivity contribution < 1.29 is 14.3 Å². The van der Waals surface area contributed by atoms with E-state index >= 15 is 0 Å². The van der Waals surface area contributed by atoms with E-state index in [-0.39, 0.29) is 12.5 Å². The molecule has 0 aliphatic carbocycles. The van der Waals surface area contributed by atoms with Gasteiger partial charge in [-0.3, -0.25) is 4.79 Å². The van der Waals surface area contributed by atoms with Gasteiger partial charge in [0.25, 0.3) is 5.91 Å². The smallest absolute Gasteiger partial charge is 0.339 e. The Labute approximate surface area is 182 Å². The van der Waals surface area contributed by atoms with Gasteiger partial charge in [0.05, 0.1) is 21.7 Å². The zero-order chi connectivity index (χ0) is 20.9. The molecule has 30 heavy (non-hydrogen) atoms. The summed E-state index contributed by atoms with van der Waals surface area (Å²) in [7, 11) is 0. The number of nitrogens with one attached hydrogen (secondary N) is 1. The molecule has 0 radical (unpaired) electrons. The van der Waals surface area contributed by atoms with Gasteiger partial charge in [-0.2, -0.15) is 0 Å². The Kier molecular flexibility index (Phi) is 6.07. The average Bonchev–Trinajstić information content (AvgIpc) is 3.31. The predicted molar refractivity (Wildman–Crippen MR) is 119 cm³/mol. The van der Waals surface area contributed by atoms with E-state index in [0.717, 1.165) is 10.4 Å². The maximum Gasteiger partial charge on any atom is 0.339 e. The number of fused-ring (bicyclic) bond motifs is 1. The summed E-state index contributed by atoms with van der Waals surface area (Å²) in [4.78, 5) is 30.5. The first-order valence-electron chi connectivity index (χ1n) is 9.22. The molecular weight excluding hydrogens is 420 g/mol. The van der Waals surface area contributed by atoms with E-state index in [9.17, 15) is 9.59 Å². The number of hydrogen-bond donors (Lipinski definition) is 1. The molecule has 0 spiro atoms. The maximum atomic E-state index is 12.8. The fraction of sp³-hybridized carbons (Fsp3) is 0.0870. The van der Waals surface area contributed by atoms with Crippen LogP contribution in [-0.4, -0.2) is 23.5 Å². The second kappa shape index (κ2) is 9.07. The van der Waals surface area contributed by atoms with Crippen LogP contribution in [0.1, 0.15) is 15.9 Å². The molecule has 2 heterocycles. The summed E-state index contributed by atoms with van der Waals surface area (Å²) in [6.45, 7) is -0.0360. The van der Waals surface area contributed by atoms with Gasteiger partial charge in [0.2, 0.25) is 0 Å². The van der Waals surface area contributed by atoms with Crippen molar-refractivity contribution in [3.63, 3.8) is 0 Å². The summed E-state index contributed by atoms with van der Waals surface area (Å²) in [5.74, 6) is -0.941. The van der Waals surface area contributed by atoms with Crippen molar-refractivity contribution in [2.24, 2.45) is 0 Å². The van der Waals surface area contributed by atoms with Crippen LogP contribution in [0.5, 0.6) is 0 Å². The molecule has 0 unspecified atom stereocenters. The van der Waals surface area contributed by atoms with Crippen molar-refractivity contribution in [1.29, 1.82) is 0 Å². The number of carbonyl (C=O) groups is 2. The summed E-state index contributed by atoms with van der Waals surface area (Å²) < 4.78 is 5.28. The van der Waals surface area contributed by atoms with E-state index in [2.05, 4.69) is 10.3 Å². The Bertz CT molecular complexity index is 1190. The van der Waals surface area contributed by atoms with Crippen LogP contribution in [0.2, 0.25) is 5.02 Å². The molecule has 0 fully saturated rings. The number of para-hydroxylation sites is 1. The van der Waals surface area contributed by atoms with Gasteiger partial charge in [-0.05, 0) is 41.3 Å². The number of esters is 1. The fourth-order valence-electron chi connectivity index (χ4n) is 2.96. The second-order valence-corrected chi connectivity index (χ2v) is 7.91. The molecule has 2 aromatic carbocycles. The molecule has 0 atom stereocenters. The van der Waals surface area contributed by atoms with Crippen LogP contribution >= 0.6 is 22.9 Å². The summed E-state index contributed by atoms with van der Waals surface area (Å²) in [6, 6.07) is 20.1. The highest BCUT2D eigenvalue weighted by molar-refractivity contribution is 7.13. The average molecular weight is 437 g/mol. The molecule has 4 rings (SSSR count). The lowest BCUT2D eigenvalue weighted by molar-refractivity contribution is -0.124. The number of amides is 1. The molecule has 5 nitrogen and oxygen atoms in total. The molecule has 1 N–H and O–H groups in total. The van der Waals surface area contributed by atoms with Crippen molar-refractivity contribution in [2.75, 3.05) is 6.61 Å². The van der Waals surface area contributed by atoms with Gasteiger partial charge >= 0.3 is 5.97 Å². The van der Waals surface area contributed by atoms with Gasteiger partial charge in [0.1, 0.15) is 0 Å². The van der Waals surface area contributed by atoms with Crippen molar-refractivity contribution in [3.05, 3.63) is 88.3 Å². The molecule has 0 saturated carbocycles. The molecule has 0 aliphatic rings. The third kappa shape index (κ3) is 4.67. The van der Waals surface area contributed by atoms with E-state index in [1.54, 1.807) is 29.5 Å². The topological polar surface area (TPSA) is 68.3 Å². The molecule has 0 aliphatic heterocycles. The molecular formula is C23H17ClN2O3S. The highest BCUT2D eigenvalue weighted by atomic mass is 35.5. The number of thiophene rings is 1. The minimum absolute atomic E-state index is 0.328. The van der Waals surface area contributed by atoms with Crippen LogP contribution in [-0.2, 0) is 16.1 Å². The van der Waals surface area contributed by atoms with Crippen molar-refractivity contribution >= 4 is 45.7 Å². The van der Waals surface area contributed by atoms with E-state index < -0.39 is 5.97 Å². The van der Waals surface area contributed by atoms with Crippen LogP contribution < -0.4 is 5.32 Å². The molecule has 2 aromatic heterocycles. The minimum Gasteiger partial charge on any atom is -0.452 e. The Morgan fingerprint density at radius 3 is 2.60 bits per heavy atom. The number of hydrogen-bond acceptors (Lipinski definition) is 5. The summed E-state index contributed by atoms with van der Waals surface area (Å²) in [6.07, 6.45) is 0. The molecule has 0 bridgehead atoms. The number of pyridine rings is 1. The molecule has 4 aromatic rings. The Hall–Kier alpha value is -3.22. The summed E-state index contributed by atoms with van der Waals surface area (Å²) >= 11 is 7.40. The highest BCUT2D eigenvalue weighted by Crippen LogP contribution is 2.28. The van der Waals surface area contributed by atoms with E-state index in [0.29, 0.717) is 33.7 Å². The van der Waals surface area contributed by atoms with Crippen LogP contribution in [0.15, 0.2) is 72.1 Å². The van der Waals surface area contributed by atoms with Crippen molar-refractivity contribution in [3.8, 4) is 10.6 Å². The van der Waals surface area contributed by atoms with Gasteiger partial charge < -0.3 is 10.1 Å². The lowest BCUT2D eigenvalue weighted by Gasteiger charge is -2.10. The first kappa shape index (κ1) is 20.1. The number of aromatic nitrogens is 1. The van der Waals surface area contributed by atoms with Crippen LogP contribution in [0.3, 0.4) is 0 Å². The van der Waals surface area contributed by atoms with Crippen LogP contribution in [0.4, 0.5) is 0 Å². The third-order valence-electron chi connectivity index (χ3n) is 4.45. The Morgan fingerprint density at radius 1 is 1.03 bits per heavy atom. The quantitative estimate of drug-likeness (QED) is 0.427. The lowest BCUT2D eigenvalue weighted by atomic mass is 10.1. The summed E-state index contributed by atoms with van der Waals surface area (Å²) in [5, 5.41) is 5.99. The van der Waals surface area contributed by atoms with Gasteiger partial charge in [-0.25, -0.2) is 9.78 Å². The largest absolute Gasteiger partial charge is 0.452 e. The van der Waals surface area contributed by atoms with Gasteiger partial charge in [0.15, 0.2) is 6.61 Å². The zero-order valence-corrected chi connectivity index (χ0v) is 17.4. The van der Waals surface area contributed by atoms with Gasteiger partial charge in [-0.1, -0.05) is 48.0 Å². The predicted octanol–water partition coefficient (Wildman–Crippen LogP) is 5.09. The number of halogens is 1. The number of carbonyl (C=O) groups excluding carboxylic acids is 2. The normalized spacial score (nSPS) is 10.7. The third-order valence-corrected chi connectivity index (χ3v) is 5.59. The van der Waals surface area contributed by atoms with Gasteiger partial charge in [0, 0.05) is 17.0 Å². The summed E-state index contributed by atoms with van der Waals surface area (Å²) in [5.41, 5.74) is 2.68. The van der Waals surface area contributed by atoms with Crippen LogP contribution in [0, 0.1) is 0 Å². The molecule has 7 heteroatoms. The maximum absolute atomic E-state index is 12.8. The second-order valence-electron chi connectivity index (χ2n) is 6.53. The SMILES string of the molecule is O=C(COC(=O)c1cc(-c2cccs2)nc2ccccc12)NCc1ccc(Cl)cc1. The number of ether oxygens (including phenoxy) is 1. The van der Waals surface area contributed by atoms with E-state index in [4.69, 9.17) is 16.3 Å². The Morgan fingerprint density at radius 2 is 1.83 bits per heavy atom. The first-order chi connectivity index (χ1) is 14.6. The van der Waals surface area contributed by atoms with E-state index in [1.165, 1.54) is 0 Å².